The van der Waals surface area contributed by atoms with Gasteiger partial charge in [0.25, 0.3) is 5.56 Å². The van der Waals surface area contributed by atoms with Gasteiger partial charge in [0.2, 0.25) is 11.7 Å². The van der Waals surface area contributed by atoms with Crippen LogP contribution in [0.15, 0.2) is 79.8 Å². The number of para-hydroxylation sites is 1. The number of furan rings is 1. The summed E-state index contributed by atoms with van der Waals surface area (Å²) in [6, 6.07) is 16.8. The maximum Gasteiger partial charge on any atom is 0.266 e. The predicted octanol–water partition coefficient (Wildman–Crippen LogP) is 4.94. The molecule has 154 valence electrons. The van der Waals surface area contributed by atoms with E-state index in [1.165, 1.54) is 11.8 Å². The van der Waals surface area contributed by atoms with Gasteiger partial charge in [-0.1, -0.05) is 41.2 Å². The van der Waals surface area contributed by atoms with Gasteiger partial charge in [0.1, 0.15) is 0 Å². The summed E-state index contributed by atoms with van der Waals surface area (Å²) in [5.74, 6) is 1.71. The van der Waals surface area contributed by atoms with E-state index >= 15 is 0 Å². The van der Waals surface area contributed by atoms with E-state index in [0.717, 1.165) is 16.8 Å². The summed E-state index contributed by atoms with van der Waals surface area (Å²) in [4.78, 5) is 22.6. The molecule has 0 atom stereocenters. The molecule has 0 radical (unpaired) electrons. The average Bonchev–Trinajstić information content (AvgIpc) is 3.47. The van der Waals surface area contributed by atoms with Gasteiger partial charge < -0.3 is 8.94 Å². The summed E-state index contributed by atoms with van der Waals surface area (Å²) < 4.78 is 12.3. The molecule has 5 rings (SSSR count). The van der Waals surface area contributed by atoms with E-state index in [1.807, 2.05) is 50.2 Å². The zero-order valence-electron chi connectivity index (χ0n) is 16.9. The van der Waals surface area contributed by atoms with Gasteiger partial charge in [0.05, 0.1) is 28.6 Å². The molecule has 0 N–H and O–H groups in total. The fourth-order valence-corrected chi connectivity index (χ4v) is 4.19. The molecule has 7 nitrogen and oxygen atoms in total. The molecule has 0 spiro atoms. The average molecular weight is 430 g/mol. The van der Waals surface area contributed by atoms with Crippen molar-refractivity contribution >= 4 is 22.7 Å². The summed E-state index contributed by atoms with van der Waals surface area (Å²) >= 11 is 1.37. The highest BCUT2D eigenvalue weighted by Gasteiger charge is 2.17. The number of benzene rings is 2. The van der Waals surface area contributed by atoms with Crippen LogP contribution < -0.4 is 5.56 Å². The topological polar surface area (TPSA) is 86.9 Å². The summed E-state index contributed by atoms with van der Waals surface area (Å²) in [5.41, 5.74) is 3.49. The number of nitrogens with zero attached hydrogens (tertiary/aromatic N) is 4. The van der Waals surface area contributed by atoms with Crippen molar-refractivity contribution < 1.29 is 8.94 Å². The first-order valence-electron chi connectivity index (χ1n) is 9.69. The number of thioether (sulfide) groups is 1. The maximum absolute atomic E-state index is 13.4. The zero-order chi connectivity index (χ0) is 21.4. The number of fused-ring (bicyclic) bond motifs is 1. The molecule has 3 aromatic heterocycles. The van der Waals surface area contributed by atoms with Crippen molar-refractivity contribution in [2.75, 3.05) is 0 Å². The highest BCUT2D eigenvalue weighted by molar-refractivity contribution is 7.98. The van der Waals surface area contributed by atoms with Crippen molar-refractivity contribution in [2.45, 2.75) is 24.8 Å². The fourth-order valence-electron chi connectivity index (χ4n) is 3.35. The Morgan fingerprint density at radius 3 is 2.71 bits per heavy atom. The number of hydrogen-bond donors (Lipinski definition) is 0. The molecule has 2 aromatic carbocycles. The van der Waals surface area contributed by atoms with Crippen LogP contribution in [0, 0.1) is 13.8 Å². The number of rotatable bonds is 5. The lowest BCUT2D eigenvalue weighted by molar-refractivity contribution is 0.390. The Kier molecular flexibility index (Phi) is 4.91. The molecule has 0 aliphatic rings. The molecule has 0 fully saturated rings. The van der Waals surface area contributed by atoms with Gasteiger partial charge in [-0.2, -0.15) is 4.98 Å². The second-order valence-corrected chi connectivity index (χ2v) is 7.99. The Balaban J connectivity index is 1.57. The molecule has 0 aliphatic heterocycles. The molecule has 31 heavy (non-hydrogen) atoms. The van der Waals surface area contributed by atoms with Crippen LogP contribution in [0.4, 0.5) is 0 Å². The van der Waals surface area contributed by atoms with Crippen molar-refractivity contribution in [1.29, 1.82) is 0 Å². The minimum absolute atomic E-state index is 0.108. The van der Waals surface area contributed by atoms with Gasteiger partial charge in [-0.3, -0.25) is 9.36 Å². The van der Waals surface area contributed by atoms with Gasteiger partial charge in [-0.15, -0.1) is 0 Å². The SMILES string of the molecule is Cc1cccc(-n2c(SCc3nc(-c4ccco4)no3)nc3ccccc3c2=O)c1C. The van der Waals surface area contributed by atoms with E-state index < -0.39 is 0 Å². The smallest absolute Gasteiger partial charge is 0.266 e. The minimum Gasteiger partial charge on any atom is -0.461 e. The van der Waals surface area contributed by atoms with Crippen LogP contribution in [-0.4, -0.2) is 19.7 Å². The predicted molar refractivity (Wildman–Crippen MR) is 118 cm³/mol. The van der Waals surface area contributed by atoms with E-state index in [1.54, 1.807) is 29.0 Å². The molecule has 8 heteroatoms. The lowest BCUT2D eigenvalue weighted by atomic mass is 10.1. The summed E-state index contributed by atoms with van der Waals surface area (Å²) in [5, 5.41) is 5.10. The zero-order valence-corrected chi connectivity index (χ0v) is 17.7. The number of aryl methyl sites for hydroxylation is 1. The summed E-state index contributed by atoms with van der Waals surface area (Å²) in [7, 11) is 0. The second kappa shape index (κ2) is 7.88. The summed E-state index contributed by atoms with van der Waals surface area (Å²) in [6.07, 6.45) is 1.56. The highest BCUT2D eigenvalue weighted by atomic mass is 32.2. The normalized spacial score (nSPS) is 11.3. The second-order valence-electron chi connectivity index (χ2n) is 7.05. The molecular weight excluding hydrogens is 412 g/mol. The van der Waals surface area contributed by atoms with Gasteiger partial charge in [-0.25, -0.2) is 4.98 Å². The van der Waals surface area contributed by atoms with Crippen LogP contribution in [0.2, 0.25) is 0 Å². The van der Waals surface area contributed by atoms with Crippen LogP contribution in [0.3, 0.4) is 0 Å². The van der Waals surface area contributed by atoms with Crippen molar-refractivity contribution in [3.05, 3.63) is 88.2 Å². The van der Waals surface area contributed by atoms with Crippen LogP contribution in [-0.2, 0) is 5.75 Å². The lowest BCUT2D eigenvalue weighted by Crippen LogP contribution is -2.22. The van der Waals surface area contributed by atoms with E-state index in [-0.39, 0.29) is 5.56 Å². The molecule has 0 aliphatic carbocycles. The molecular formula is C23H18N4O3S. The van der Waals surface area contributed by atoms with Crippen molar-refractivity contribution in [3.8, 4) is 17.3 Å². The maximum atomic E-state index is 13.4. The molecule has 0 saturated carbocycles. The van der Waals surface area contributed by atoms with Crippen molar-refractivity contribution in [2.24, 2.45) is 0 Å². The van der Waals surface area contributed by atoms with E-state index in [2.05, 4.69) is 10.1 Å². The third kappa shape index (κ3) is 3.55. The van der Waals surface area contributed by atoms with Crippen LogP contribution >= 0.6 is 11.8 Å². The van der Waals surface area contributed by atoms with Crippen molar-refractivity contribution in [1.82, 2.24) is 19.7 Å². The Bertz CT molecular complexity index is 1440. The molecule has 0 amide bonds. The third-order valence-electron chi connectivity index (χ3n) is 5.10. The quantitative estimate of drug-likeness (QED) is 0.288. The number of hydrogen-bond acceptors (Lipinski definition) is 7. The van der Waals surface area contributed by atoms with Gasteiger partial charge in [0, 0.05) is 0 Å². The monoisotopic (exact) mass is 430 g/mol. The fraction of sp³-hybridized carbons (Fsp3) is 0.130. The standard InChI is InChI=1S/C23H18N4O3S/c1-14-7-5-10-18(15(14)2)27-22(28)16-8-3-4-9-17(16)24-23(27)31-13-20-25-21(26-30-20)19-11-6-12-29-19/h3-12H,13H2,1-2H3. The van der Waals surface area contributed by atoms with E-state index in [0.29, 0.717) is 39.3 Å². The van der Waals surface area contributed by atoms with Crippen LogP contribution in [0.1, 0.15) is 17.0 Å². The molecule has 0 bridgehead atoms. The van der Waals surface area contributed by atoms with E-state index in [4.69, 9.17) is 13.9 Å². The van der Waals surface area contributed by atoms with Gasteiger partial charge >= 0.3 is 0 Å². The lowest BCUT2D eigenvalue weighted by Gasteiger charge is -2.15. The Morgan fingerprint density at radius 2 is 1.87 bits per heavy atom. The Labute approximate surface area is 181 Å². The van der Waals surface area contributed by atoms with Gasteiger partial charge in [0.15, 0.2) is 10.9 Å². The molecule has 5 aromatic rings. The first-order valence-corrected chi connectivity index (χ1v) is 10.7. The first kappa shape index (κ1) is 19.3. The third-order valence-corrected chi connectivity index (χ3v) is 6.02. The number of aromatic nitrogens is 4. The molecule has 0 saturated heterocycles. The first-order chi connectivity index (χ1) is 15.1. The largest absolute Gasteiger partial charge is 0.461 e. The van der Waals surface area contributed by atoms with E-state index in [9.17, 15) is 4.79 Å². The molecule has 0 unspecified atom stereocenters. The highest BCUT2D eigenvalue weighted by Crippen LogP contribution is 2.27. The van der Waals surface area contributed by atoms with Crippen molar-refractivity contribution in [3.63, 3.8) is 0 Å². The van der Waals surface area contributed by atoms with Crippen LogP contribution in [0.25, 0.3) is 28.2 Å². The van der Waals surface area contributed by atoms with Gasteiger partial charge in [-0.05, 0) is 55.3 Å². The molecule has 3 heterocycles. The Hall–Kier alpha value is -3.65. The minimum atomic E-state index is -0.108. The Morgan fingerprint density at radius 1 is 1.00 bits per heavy atom. The van der Waals surface area contributed by atoms with Crippen LogP contribution in [0.5, 0.6) is 0 Å². The summed E-state index contributed by atoms with van der Waals surface area (Å²) in [6.45, 7) is 4.04.